The number of fused-ring (bicyclic) bond motifs is 10. The molecular formula is C70H98LiN8O9U-5. The minimum atomic E-state index is -0.421. The van der Waals surface area contributed by atoms with Crippen LogP contribution in [-0.4, -0.2) is 122 Å². The molecule has 0 spiro atoms. The summed E-state index contributed by atoms with van der Waals surface area (Å²) in [4.78, 5) is 36.6. The van der Waals surface area contributed by atoms with E-state index in [1.165, 1.54) is 101 Å². The van der Waals surface area contributed by atoms with Gasteiger partial charge in [-0.3, -0.25) is 15.0 Å². The van der Waals surface area contributed by atoms with Gasteiger partial charge in [-0.1, -0.05) is 69.8 Å². The standard InChI is InChI=1S/C42H41N8.7C4H8O.Li.2O.U/c1-25-17-33-34(18-26(25)2)44-22-30-10-14-38(48-30)42(7,8)40-16-12-32(50-40)24-46-36-20-28(4)27(3)19-35(36)45-23-31-11-15-39(49-31)41(5,6)37-13-9-29(47-37)21-43-33;7*1-2-4-5-3-1;;;;/h9-24,47H,1-8H3;7*1-4H2;;;;/q-3;;;;;;;;+1;2*-2;/p+1. The molecule has 2 N–H and O–H groups in total. The normalized spacial score (nSPS) is 18.0. The molecule has 6 aromatic rings. The van der Waals surface area contributed by atoms with Crippen molar-refractivity contribution in [1.29, 1.82) is 0 Å². The molecule has 17 nitrogen and oxygen atoms in total. The Morgan fingerprint density at radius 1 is 0.382 bits per heavy atom. The average molecular weight is 1440 g/mol. The SMILES string of the molecule is C1CCOC1.C1CCOC1.C1CCOC1.C1CCOC1.C1CCOC1.C1CCOC1.C1CCOC1.Cc1cc2c(cc1C)N=Cc1ccc([nH]1)C(C)(C)c1ccc([n-]1)C=[NH+]c1cc(C)c(C)cc1N=Cc1ccc([n-]1)C(C)(C)c1ccc([n-]1)C=N2.[Li+].[O-2].[O-2].[U]. The van der Waals surface area contributed by atoms with Crippen LogP contribution in [0, 0.1) is 58.8 Å². The third-order valence-corrected chi connectivity index (χ3v) is 15.7. The second-order valence-corrected chi connectivity index (χ2v) is 23.5. The molecule has 2 aromatic carbocycles. The maximum Gasteiger partial charge on any atom is 1.00 e. The second kappa shape index (κ2) is 43.4. The van der Waals surface area contributed by atoms with Crippen LogP contribution in [0.4, 0.5) is 22.7 Å². The van der Waals surface area contributed by atoms with Crippen LogP contribution in [0.3, 0.4) is 0 Å². The van der Waals surface area contributed by atoms with E-state index in [4.69, 9.17) is 63.1 Å². The topological polar surface area (TPSA) is 231 Å². The zero-order valence-electron chi connectivity index (χ0n) is 54.9. The summed E-state index contributed by atoms with van der Waals surface area (Å²) in [5.74, 6) is 0. The van der Waals surface area contributed by atoms with E-state index in [2.05, 4.69) is 114 Å². The average Bonchev–Trinajstić information content (AvgIpc) is 3.52. The molecule has 0 unspecified atom stereocenters. The number of ether oxygens (including phenoxy) is 7. The van der Waals surface area contributed by atoms with Crippen molar-refractivity contribution in [2.75, 3.05) is 92.5 Å². The zero-order valence-corrected chi connectivity index (χ0v) is 59.1. The predicted molar refractivity (Wildman–Crippen MR) is 345 cm³/mol. The van der Waals surface area contributed by atoms with Gasteiger partial charge in [0.1, 0.15) is 5.69 Å². The van der Waals surface area contributed by atoms with Gasteiger partial charge in [-0.2, -0.15) is 11.4 Å². The molecule has 7 saturated heterocycles. The molecule has 19 heteroatoms. The van der Waals surface area contributed by atoms with Gasteiger partial charge in [0, 0.05) is 153 Å². The molecule has 482 valence electrons. The quantitative estimate of drug-likeness (QED) is 0.137. The molecule has 0 radical (unpaired) electrons. The Labute approximate surface area is 566 Å². The molecule has 0 atom stereocenters. The van der Waals surface area contributed by atoms with E-state index < -0.39 is 5.41 Å². The van der Waals surface area contributed by atoms with E-state index >= 15 is 0 Å². The molecule has 0 amide bonds. The van der Waals surface area contributed by atoms with E-state index in [0.29, 0.717) is 0 Å². The summed E-state index contributed by atoms with van der Waals surface area (Å²) in [6, 6.07) is 24.8. The smallest absolute Gasteiger partial charge is 1.00 e. The Hall–Kier alpha value is -4.47. The van der Waals surface area contributed by atoms with Crippen LogP contribution in [0.25, 0.3) is 0 Å². The maximum atomic E-state index is 4.99. The molecule has 8 aliphatic heterocycles. The summed E-state index contributed by atoms with van der Waals surface area (Å²) in [6.07, 6.45) is 25.3. The van der Waals surface area contributed by atoms with Gasteiger partial charge in [0.25, 0.3) is 0 Å². The number of nitrogens with one attached hydrogen (secondary N) is 2. The van der Waals surface area contributed by atoms with Crippen molar-refractivity contribution in [3.8, 4) is 0 Å². The minimum absolute atomic E-state index is 0. The fraction of sp³-hybridized carbons (Fsp3) is 0.543. The summed E-state index contributed by atoms with van der Waals surface area (Å²) in [5.41, 5.74) is 14.4. The Bertz CT molecular complexity index is 2510. The van der Waals surface area contributed by atoms with Crippen LogP contribution in [0.15, 0.2) is 87.8 Å². The van der Waals surface area contributed by atoms with Gasteiger partial charge in [0.2, 0.25) is 5.69 Å². The molecule has 0 aliphatic carbocycles. The first kappa shape index (κ1) is 78.8. The van der Waals surface area contributed by atoms with Gasteiger partial charge in [-0.05, 0) is 176 Å². The van der Waals surface area contributed by atoms with E-state index in [0.717, 1.165) is 172 Å². The van der Waals surface area contributed by atoms with Crippen molar-refractivity contribution in [3.05, 3.63) is 141 Å². The molecule has 4 aromatic heterocycles. The molecule has 0 saturated carbocycles. The predicted octanol–water partition coefficient (Wildman–Crippen LogP) is 9.51. The van der Waals surface area contributed by atoms with Crippen LogP contribution in [-0.2, 0) is 54.9 Å². The van der Waals surface area contributed by atoms with Gasteiger partial charge in [0.05, 0.1) is 23.3 Å². The van der Waals surface area contributed by atoms with E-state index in [-0.39, 0.29) is 66.3 Å². The van der Waals surface area contributed by atoms with Crippen molar-refractivity contribution in [3.63, 3.8) is 0 Å². The third kappa shape index (κ3) is 27.3. The molecule has 14 rings (SSSR count). The van der Waals surface area contributed by atoms with E-state index in [9.17, 15) is 0 Å². The van der Waals surface area contributed by atoms with E-state index in [1.54, 1.807) is 0 Å². The van der Waals surface area contributed by atoms with Gasteiger partial charge in [-0.15, -0.1) is 17.1 Å². The van der Waals surface area contributed by atoms with Crippen molar-refractivity contribution in [2.24, 2.45) is 15.0 Å². The monoisotopic (exact) mass is 1440 g/mol. The molecule has 89 heavy (non-hydrogen) atoms. The van der Waals surface area contributed by atoms with Crippen LogP contribution in [0.1, 0.15) is 185 Å². The second-order valence-electron chi connectivity index (χ2n) is 23.5. The number of aromatic amines is 1. The largest absolute Gasteiger partial charge is 2.00 e. The number of aryl methyl sites for hydroxylation is 4. The number of benzene rings is 2. The van der Waals surface area contributed by atoms with Crippen molar-refractivity contribution in [1.82, 2.24) is 19.9 Å². The number of hydrogen-bond donors (Lipinski definition) is 2. The first-order chi connectivity index (χ1) is 41.4. The van der Waals surface area contributed by atoms with Crippen molar-refractivity contribution in [2.45, 2.75) is 156 Å². The van der Waals surface area contributed by atoms with Crippen LogP contribution >= 0.6 is 0 Å². The number of aromatic nitrogens is 4. The van der Waals surface area contributed by atoms with Gasteiger partial charge in [-0.25, -0.2) is 4.99 Å². The third-order valence-electron chi connectivity index (χ3n) is 15.7. The Kier molecular flexibility index (Phi) is 38.4. The molecule has 7 fully saturated rings. The first-order valence-electron chi connectivity index (χ1n) is 31.5. The Morgan fingerprint density at radius 3 is 1.04 bits per heavy atom. The van der Waals surface area contributed by atoms with Gasteiger partial charge < -0.3 is 64.0 Å². The number of H-pyrrole nitrogens is 1. The van der Waals surface area contributed by atoms with Crippen molar-refractivity contribution < 1.29 is 99.1 Å². The first-order valence-corrected chi connectivity index (χ1v) is 31.5. The number of rotatable bonds is 0. The summed E-state index contributed by atoms with van der Waals surface area (Å²) in [5, 5.41) is 0. The van der Waals surface area contributed by atoms with Crippen LogP contribution < -0.4 is 38.8 Å². The van der Waals surface area contributed by atoms with Crippen molar-refractivity contribution >= 4 is 47.6 Å². The Balaban J connectivity index is 0.000000421. The van der Waals surface area contributed by atoms with Gasteiger partial charge in [0.15, 0.2) is 6.21 Å². The Morgan fingerprint density at radius 2 is 0.685 bits per heavy atom. The molecule has 12 heterocycles. The van der Waals surface area contributed by atoms with Gasteiger partial charge >= 0.3 is 18.9 Å². The summed E-state index contributed by atoms with van der Waals surface area (Å²) >= 11 is 0. The fourth-order valence-corrected chi connectivity index (χ4v) is 9.67. The fourth-order valence-electron chi connectivity index (χ4n) is 9.67. The number of aliphatic imine (C=N–C) groups is 3. The molecule has 8 bridgehead atoms. The maximum absolute atomic E-state index is 4.99. The zero-order chi connectivity index (χ0) is 60.0. The summed E-state index contributed by atoms with van der Waals surface area (Å²) < 4.78 is 34.6. The molecular weight excluding hydrogens is 1340 g/mol. The van der Waals surface area contributed by atoms with E-state index in [1.807, 2.05) is 49.1 Å². The number of nitrogens with zero attached hydrogens (tertiary/aromatic N) is 6. The number of hydrogen-bond acceptors (Lipinski definition) is 10. The van der Waals surface area contributed by atoms with Crippen LogP contribution in [0.5, 0.6) is 0 Å². The molecule has 8 aliphatic rings. The van der Waals surface area contributed by atoms with Crippen LogP contribution in [0.2, 0.25) is 0 Å². The minimum Gasteiger partial charge on any atom is -2.00 e. The summed E-state index contributed by atoms with van der Waals surface area (Å²) in [6.45, 7) is 31.0. The summed E-state index contributed by atoms with van der Waals surface area (Å²) in [7, 11) is 0.